The van der Waals surface area contributed by atoms with Crippen molar-refractivity contribution in [1.82, 2.24) is 0 Å². The highest BCUT2D eigenvalue weighted by Gasteiger charge is 2.49. The molecular weight excluding hydrogens is 228 g/mol. The molecule has 4 aliphatic carbocycles. The fraction of sp³-hybridized carbons (Fsp3) is 0.579. The zero-order valence-electron chi connectivity index (χ0n) is 11.7. The molecule has 4 aliphatic rings. The average molecular weight is 252 g/mol. The molecule has 0 unspecified atom stereocenters. The predicted molar refractivity (Wildman–Crippen MR) is 80.7 cm³/mol. The highest BCUT2D eigenvalue weighted by atomic mass is 14.5. The molecule has 1 aromatic rings. The van der Waals surface area contributed by atoms with Crippen molar-refractivity contribution in [2.75, 3.05) is 0 Å². The maximum Gasteiger partial charge on any atom is -0.0255 e. The van der Waals surface area contributed by atoms with Crippen LogP contribution in [0.15, 0.2) is 36.4 Å². The zero-order chi connectivity index (χ0) is 12.7. The van der Waals surface area contributed by atoms with Crippen molar-refractivity contribution >= 4 is 6.08 Å². The Bertz CT molecular complexity index is 433. The van der Waals surface area contributed by atoms with E-state index < -0.39 is 0 Å². The maximum atomic E-state index is 2.46. The van der Waals surface area contributed by atoms with E-state index >= 15 is 0 Å². The van der Waals surface area contributed by atoms with Crippen LogP contribution in [0.25, 0.3) is 6.08 Å². The molecule has 4 saturated carbocycles. The van der Waals surface area contributed by atoms with Crippen LogP contribution in [0.1, 0.15) is 50.5 Å². The molecule has 0 aliphatic heterocycles. The summed E-state index contributed by atoms with van der Waals surface area (Å²) < 4.78 is 0. The summed E-state index contributed by atoms with van der Waals surface area (Å²) >= 11 is 0. The number of benzene rings is 1. The number of allylic oxidation sites excluding steroid dienone is 1. The van der Waals surface area contributed by atoms with E-state index in [1.807, 2.05) is 0 Å². The van der Waals surface area contributed by atoms with Gasteiger partial charge < -0.3 is 0 Å². The van der Waals surface area contributed by atoms with Gasteiger partial charge in [0.25, 0.3) is 0 Å². The van der Waals surface area contributed by atoms with Crippen molar-refractivity contribution in [1.29, 1.82) is 0 Å². The van der Waals surface area contributed by atoms with Gasteiger partial charge in [-0.1, -0.05) is 42.5 Å². The minimum absolute atomic E-state index is 0.694. The Morgan fingerprint density at radius 3 is 2.05 bits per heavy atom. The highest BCUT2D eigenvalue weighted by Crippen LogP contribution is 2.61. The van der Waals surface area contributed by atoms with Gasteiger partial charge in [-0.25, -0.2) is 0 Å². The van der Waals surface area contributed by atoms with Crippen LogP contribution in [-0.2, 0) is 0 Å². The first-order valence-corrected chi connectivity index (χ1v) is 8.03. The van der Waals surface area contributed by atoms with Crippen molar-refractivity contribution in [3.8, 4) is 0 Å². The molecule has 0 heterocycles. The molecule has 0 nitrogen and oxygen atoms in total. The molecule has 5 rings (SSSR count). The molecule has 0 aromatic heterocycles. The predicted octanol–water partition coefficient (Wildman–Crippen LogP) is 5.31. The monoisotopic (exact) mass is 252 g/mol. The lowest BCUT2D eigenvalue weighted by molar-refractivity contribution is -0.0505. The number of hydrogen-bond donors (Lipinski definition) is 0. The topological polar surface area (TPSA) is 0 Å². The fourth-order valence-electron chi connectivity index (χ4n) is 5.55. The van der Waals surface area contributed by atoms with E-state index in [0.29, 0.717) is 5.41 Å². The van der Waals surface area contributed by atoms with Crippen LogP contribution >= 0.6 is 0 Å². The molecule has 0 saturated heterocycles. The first-order chi connectivity index (χ1) is 9.31. The molecule has 1 aromatic carbocycles. The lowest BCUT2D eigenvalue weighted by atomic mass is 9.49. The summed E-state index contributed by atoms with van der Waals surface area (Å²) in [5.41, 5.74) is 2.05. The molecule has 19 heavy (non-hydrogen) atoms. The molecule has 100 valence electrons. The fourth-order valence-corrected chi connectivity index (χ4v) is 5.55. The Balaban J connectivity index is 1.47. The summed E-state index contributed by atoms with van der Waals surface area (Å²) in [4.78, 5) is 0. The summed E-state index contributed by atoms with van der Waals surface area (Å²) in [6, 6.07) is 10.8. The van der Waals surface area contributed by atoms with Gasteiger partial charge in [0.15, 0.2) is 0 Å². The van der Waals surface area contributed by atoms with E-state index in [0.717, 1.165) is 17.8 Å². The second kappa shape index (κ2) is 4.51. The highest BCUT2D eigenvalue weighted by molar-refractivity contribution is 5.48. The van der Waals surface area contributed by atoms with Crippen LogP contribution in [0.5, 0.6) is 0 Å². The lowest BCUT2D eigenvalue weighted by Crippen LogP contribution is -2.45. The Morgan fingerprint density at radius 1 is 0.895 bits per heavy atom. The van der Waals surface area contributed by atoms with Crippen LogP contribution in [0, 0.1) is 23.2 Å². The summed E-state index contributed by atoms with van der Waals surface area (Å²) in [6.07, 6.45) is 15.4. The van der Waals surface area contributed by atoms with Crippen molar-refractivity contribution in [2.24, 2.45) is 23.2 Å². The normalized spacial score (nSPS) is 40.1. The first kappa shape index (κ1) is 11.8. The lowest BCUT2D eigenvalue weighted by Gasteiger charge is -2.56. The molecule has 0 atom stereocenters. The van der Waals surface area contributed by atoms with Gasteiger partial charge in [-0.05, 0) is 73.7 Å². The van der Waals surface area contributed by atoms with Crippen molar-refractivity contribution in [2.45, 2.75) is 44.9 Å². The Labute approximate surface area is 116 Å². The molecular formula is C19H24. The van der Waals surface area contributed by atoms with E-state index in [1.165, 1.54) is 31.2 Å². The third-order valence-electron chi connectivity index (χ3n) is 5.83. The molecule has 0 spiro atoms. The van der Waals surface area contributed by atoms with Gasteiger partial charge in [0.1, 0.15) is 0 Å². The van der Waals surface area contributed by atoms with Gasteiger partial charge in [-0.2, -0.15) is 0 Å². The van der Waals surface area contributed by atoms with E-state index in [9.17, 15) is 0 Å². The molecule has 4 fully saturated rings. The molecule has 0 amide bonds. The van der Waals surface area contributed by atoms with E-state index in [-0.39, 0.29) is 0 Å². The largest absolute Gasteiger partial charge is 0.0834 e. The Hall–Kier alpha value is -1.04. The second-order valence-corrected chi connectivity index (χ2v) is 7.43. The molecule has 4 bridgehead atoms. The van der Waals surface area contributed by atoms with Crippen LogP contribution in [-0.4, -0.2) is 0 Å². The summed E-state index contributed by atoms with van der Waals surface area (Å²) in [7, 11) is 0. The van der Waals surface area contributed by atoms with E-state index in [4.69, 9.17) is 0 Å². The summed E-state index contributed by atoms with van der Waals surface area (Å²) in [5.74, 6) is 3.24. The van der Waals surface area contributed by atoms with Crippen molar-refractivity contribution < 1.29 is 0 Å². The van der Waals surface area contributed by atoms with Crippen molar-refractivity contribution in [3.63, 3.8) is 0 Å². The number of hydrogen-bond acceptors (Lipinski definition) is 0. The maximum absolute atomic E-state index is 2.46. The second-order valence-electron chi connectivity index (χ2n) is 7.43. The smallest absolute Gasteiger partial charge is 0.0255 e. The van der Waals surface area contributed by atoms with Gasteiger partial charge in [-0.15, -0.1) is 0 Å². The van der Waals surface area contributed by atoms with Gasteiger partial charge >= 0.3 is 0 Å². The first-order valence-electron chi connectivity index (χ1n) is 8.03. The minimum Gasteiger partial charge on any atom is -0.0834 e. The third-order valence-corrected chi connectivity index (χ3v) is 5.83. The van der Waals surface area contributed by atoms with Crippen molar-refractivity contribution in [3.05, 3.63) is 42.0 Å². The van der Waals surface area contributed by atoms with Crippen LogP contribution in [0.4, 0.5) is 0 Å². The third kappa shape index (κ3) is 2.26. The SMILES string of the molecule is C(=C/c1ccccc1)/CC12CC3CC(CC(C3)C1)C2. The zero-order valence-corrected chi connectivity index (χ0v) is 11.7. The van der Waals surface area contributed by atoms with E-state index in [2.05, 4.69) is 42.5 Å². The van der Waals surface area contributed by atoms with Gasteiger partial charge in [-0.3, -0.25) is 0 Å². The molecule has 0 radical (unpaired) electrons. The molecule has 0 N–H and O–H groups in total. The van der Waals surface area contributed by atoms with Gasteiger partial charge in [0.2, 0.25) is 0 Å². The molecule has 0 heteroatoms. The summed E-state index contributed by atoms with van der Waals surface area (Å²) in [6.45, 7) is 0. The number of rotatable bonds is 3. The van der Waals surface area contributed by atoms with Gasteiger partial charge in [0, 0.05) is 0 Å². The average Bonchev–Trinajstić information content (AvgIpc) is 2.38. The Kier molecular flexibility index (Phi) is 2.79. The van der Waals surface area contributed by atoms with Crippen LogP contribution in [0.2, 0.25) is 0 Å². The summed E-state index contributed by atoms with van der Waals surface area (Å²) in [5, 5.41) is 0. The standard InChI is InChI=1S/C19H24/c1-2-5-15(6-3-1)7-4-8-19-12-16-9-17(13-19)11-18(10-16)14-19/h1-7,16-18H,8-14H2/b7-4-. The van der Waals surface area contributed by atoms with Crippen LogP contribution in [0.3, 0.4) is 0 Å². The Morgan fingerprint density at radius 2 is 1.47 bits per heavy atom. The van der Waals surface area contributed by atoms with Gasteiger partial charge in [0.05, 0.1) is 0 Å². The van der Waals surface area contributed by atoms with E-state index in [1.54, 1.807) is 19.3 Å². The quantitative estimate of drug-likeness (QED) is 0.684. The minimum atomic E-state index is 0.694. The van der Waals surface area contributed by atoms with Crippen LogP contribution < -0.4 is 0 Å².